The largest absolute Gasteiger partial charge is 0.573 e. The van der Waals surface area contributed by atoms with E-state index in [9.17, 15) is 31.1 Å². The van der Waals surface area contributed by atoms with Crippen LogP contribution in [0.3, 0.4) is 0 Å². The maximum Gasteiger partial charge on any atom is 0.573 e. The highest BCUT2D eigenvalue weighted by Gasteiger charge is 2.38. The fourth-order valence-corrected chi connectivity index (χ4v) is 2.20. The first-order chi connectivity index (χ1) is 13.0. The number of hydrogen-bond acceptors (Lipinski definition) is 5. The molecule has 28 heavy (non-hydrogen) atoms. The minimum Gasteiger partial charge on any atom is -0.406 e. The molecule has 0 bridgehead atoms. The van der Waals surface area contributed by atoms with Gasteiger partial charge in [-0.15, -0.1) is 13.2 Å². The molecule has 0 radical (unpaired) electrons. The Bertz CT molecular complexity index is 976. The van der Waals surface area contributed by atoms with E-state index >= 15 is 0 Å². The van der Waals surface area contributed by atoms with E-state index in [1.807, 2.05) is 0 Å². The summed E-state index contributed by atoms with van der Waals surface area (Å²) in [5.41, 5.74) is 0.443. The summed E-state index contributed by atoms with van der Waals surface area (Å²) >= 11 is 0. The van der Waals surface area contributed by atoms with Gasteiger partial charge in [0.05, 0.1) is 0 Å². The number of ether oxygens (including phenoxy) is 1. The van der Waals surface area contributed by atoms with Gasteiger partial charge in [0.2, 0.25) is 5.82 Å². The molecule has 0 amide bonds. The lowest BCUT2D eigenvalue weighted by atomic mass is 10.0. The molecule has 0 saturated carbocycles. The third-order valence-corrected chi connectivity index (χ3v) is 3.42. The minimum atomic E-state index is -4.84. The fraction of sp³-hybridized carbons (Fsp3) is 0.118. The zero-order valence-corrected chi connectivity index (χ0v) is 13.5. The van der Waals surface area contributed by atoms with Crippen LogP contribution in [-0.2, 0) is 6.18 Å². The Kier molecular flexibility index (Phi) is 4.84. The molecule has 0 atom stereocenters. The Morgan fingerprint density at radius 2 is 1.39 bits per heavy atom. The number of hydrogen-bond donors (Lipinski definition) is 0. The molecule has 0 aliphatic carbocycles. The van der Waals surface area contributed by atoms with Gasteiger partial charge in [0.1, 0.15) is 5.75 Å². The van der Waals surface area contributed by atoms with Crippen molar-refractivity contribution in [2.24, 2.45) is 0 Å². The summed E-state index contributed by atoms with van der Waals surface area (Å²) in [5, 5.41) is 3.23. The number of aromatic nitrogens is 2. The van der Waals surface area contributed by atoms with E-state index in [4.69, 9.17) is 0 Å². The summed E-state index contributed by atoms with van der Waals surface area (Å²) in [6, 6.07) is 9.58. The van der Waals surface area contributed by atoms with E-state index in [0.717, 1.165) is 24.3 Å². The van der Waals surface area contributed by atoms with Crippen molar-refractivity contribution in [3.63, 3.8) is 0 Å². The highest BCUT2D eigenvalue weighted by Crippen LogP contribution is 2.29. The molecule has 0 aliphatic rings. The van der Waals surface area contributed by atoms with Crippen molar-refractivity contribution in [3.05, 3.63) is 65.5 Å². The van der Waals surface area contributed by atoms with Gasteiger partial charge in [0, 0.05) is 16.7 Å². The lowest BCUT2D eigenvalue weighted by Crippen LogP contribution is -2.17. The second-order valence-corrected chi connectivity index (χ2v) is 5.40. The summed E-state index contributed by atoms with van der Waals surface area (Å²) in [5.74, 6) is -2.78. The van der Waals surface area contributed by atoms with Gasteiger partial charge in [-0.1, -0.05) is 29.4 Å². The van der Waals surface area contributed by atoms with Crippen LogP contribution in [0, 0.1) is 0 Å². The molecular formula is C17H8F6N2O3. The van der Waals surface area contributed by atoms with Gasteiger partial charge < -0.3 is 9.26 Å². The zero-order valence-electron chi connectivity index (χ0n) is 13.5. The van der Waals surface area contributed by atoms with E-state index in [2.05, 4.69) is 19.4 Å². The van der Waals surface area contributed by atoms with Crippen LogP contribution in [0.25, 0.3) is 11.4 Å². The number of nitrogens with zero attached hydrogens (tertiary/aromatic N) is 2. The molecular weight excluding hydrogens is 394 g/mol. The van der Waals surface area contributed by atoms with Gasteiger partial charge in [0.25, 0.3) is 0 Å². The highest BCUT2D eigenvalue weighted by molar-refractivity contribution is 6.09. The lowest BCUT2D eigenvalue weighted by molar-refractivity contribution is -0.274. The van der Waals surface area contributed by atoms with E-state index in [0.29, 0.717) is 0 Å². The second kappa shape index (κ2) is 6.98. The monoisotopic (exact) mass is 402 g/mol. The quantitative estimate of drug-likeness (QED) is 0.460. The number of carbonyl (C=O) groups is 1. The molecule has 0 saturated heterocycles. The van der Waals surface area contributed by atoms with E-state index in [-0.39, 0.29) is 22.5 Å². The Labute approximate surface area is 152 Å². The van der Waals surface area contributed by atoms with Crippen LogP contribution in [0.1, 0.15) is 21.8 Å². The van der Waals surface area contributed by atoms with Crippen molar-refractivity contribution >= 4 is 5.78 Å². The molecule has 3 rings (SSSR count). The average Bonchev–Trinajstić information content (AvgIpc) is 3.11. The zero-order chi connectivity index (χ0) is 20.5. The summed E-state index contributed by atoms with van der Waals surface area (Å²) in [7, 11) is 0. The van der Waals surface area contributed by atoms with Gasteiger partial charge in [-0.2, -0.15) is 18.2 Å². The smallest absolute Gasteiger partial charge is 0.406 e. The Morgan fingerprint density at radius 3 is 1.86 bits per heavy atom. The van der Waals surface area contributed by atoms with Gasteiger partial charge in [-0.3, -0.25) is 4.79 Å². The number of carbonyl (C=O) groups excluding carboxylic acids is 1. The SMILES string of the molecule is O=C(c1ccc(OC(F)(F)F)cc1)c1ccc(-c2noc(C(F)(F)F)n2)cc1. The lowest BCUT2D eigenvalue weighted by Gasteiger charge is -2.09. The molecule has 1 aromatic heterocycles. The third-order valence-electron chi connectivity index (χ3n) is 3.42. The van der Waals surface area contributed by atoms with Gasteiger partial charge in [-0.25, -0.2) is 0 Å². The Hall–Kier alpha value is -3.37. The van der Waals surface area contributed by atoms with E-state index < -0.39 is 30.0 Å². The molecule has 1 heterocycles. The van der Waals surface area contributed by atoms with Gasteiger partial charge in [-0.05, 0) is 24.3 Å². The summed E-state index contributed by atoms with van der Waals surface area (Å²) in [4.78, 5) is 15.6. The third kappa shape index (κ3) is 4.48. The average molecular weight is 402 g/mol. The van der Waals surface area contributed by atoms with Crippen molar-refractivity contribution in [2.45, 2.75) is 12.5 Å². The Morgan fingerprint density at radius 1 is 0.857 bits per heavy atom. The van der Waals surface area contributed by atoms with Crippen molar-refractivity contribution in [2.75, 3.05) is 0 Å². The molecule has 0 N–H and O–H groups in total. The molecule has 3 aromatic rings. The second-order valence-electron chi connectivity index (χ2n) is 5.40. The predicted octanol–water partition coefficient (Wildman–Crippen LogP) is 4.89. The van der Waals surface area contributed by atoms with Crippen LogP contribution in [0.2, 0.25) is 0 Å². The molecule has 11 heteroatoms. The highest BCUT2D eigenvalue weighted by atomic mass is 19.4. The molecule has 0 fully saturated rings. The molecule has 146 valence electrons. The van der Waals surface area contributed by atoms with Crippen molar-refractivity contribution in [1.82, 2.24) is 10.1 Å². The van der Waals surface area contributed by atoms with Gasteiger partial charge in [0.15, 0.2) is 5.78 Å². The number of alkyl halides is 6. The van der Waals surface area contributed by atoms with E-state index in [1.54, 1.807) is 0 Å². The van der Waals surface area contributed by atoms with Crippen molar-refractivity contribution < 1.29 is 40.4 Å². The molecule has 0 aliphatic heterocycles. The van der Waals surface area contributed by atoms with Crippen molar-refractivity contribution in [3.8, 4) is 17.1 Å². The number of ketones is 1. The normalized spacial score (nSPS) is 12.1. The van der Waals surface area contributed by atoms with Gasteiger partial charge >= 0.3 is 18.4 Å². The number of rotatable bonds is 4. The minimum absolute atomic E-state index is 0.0983. The summed E-state index contributed by atoms with van der Waals surface area (Å²) in [6.45, 7) is 0. The maximum atomic E-state index is 12.5. The first-order valence-corrected chi connectivity index (χ1v) is 7.45. The van der Waals surface area contributed by atoms with Crippen LogP contribution in [0.5, 0.6) is 5.75 Å². The van der Waals surface area contributed by atoms with Crippen LogP contribution >= 0.6 is 0 Å². The molecule has 2 aromatic carbocycles. The van der Waals surface area contributed by atoms with Crippen LogP contribution in [-0.4, -0.2) is 22.3 Å². The topological polar surface area (TPSA) is 65.2 Å². The predicted molar refractivity (Wildman–Crippen MR) is 81.3 cm³/mol. The van der Waals surface area contributed by atoms with Crippen LogP contribution in [0.4, 0.5) is 26.3 Å². The van der Waals surface area contributed by atoms with Crippen LogP contribution < -0.4 is 4.74 Å². The maximum absolute atomic E-state index is 12.5. The fourth-order valence-electron chi connectivity index (χ4n) is 2.20. The molecule has 5 nitrogen and oxygen atoms in total. The van der Waals surface area contributed by atoms with Crippen LogP contribution in [0.15, 0.2) is 53.1 Å². The first kappa shape index (κ1) is 19.4. The van der Waals surface area contributed by atoms with Crippen molar-refractivity contribution in [1.29, 1.82) is 0 Å². The molecule has 0 spiro atoms. The number of halogens is 6. The first-order valence-electron chi connectivity index (χ1n) is 7.45. The Balaban J connectivity index is 1.76. The molecule has 0 unspecified atom stereocenters. The standard InChI is InChI=1S/C17H8F6N2O3/c18-16(19,20)15-24-14(25-28-15)11-3-1-9(2-4-11)13(26)10-5-7-12(8-6-10)27-17(21,22)23/h1-8H. The summed E-state index contributed by atoms with van der Waals surface area (Å²) < 4.78 is 81.7. The summed E-state index contributed by atoms with van der Waals surface area (Å²) in [6.07, 6.45) is -9.62. The number of benzene rings is 2. The van der Waals surface area contributed by atoms with E-state index in [1.165, 1.54) is 24.3 Å².